The summed E-state index contributed by atoms with van der Waals surface area (Å²) in [5.41, 5.74) is 3.37. The molecule has 1 saturated heterocycles. The molecule has 27 heavy (non-hydrogen) atoms. The number of para-hydroxylation sites is 1. The molecule has 1 N–H and O–H groups in total. The Morgan fingerprint density at radius 1 is 1.19 bits per heavy atom. The fraction of sp³-hybridized carbons (Fsp3) is 0.526. The monoisotopic (exact) mass is 412 g/mol. The molecule has 0 radical (unpaired) electrons. The van der Waals surface area contributed by atoms with E-state index in [0.29, 0.717) is 25.0 Å². The van der Waals surface area contributed by atoms with Crippen LogP contribution in [0.15, 0.2) is 36.5 Å². The predicted molar refractivity (Wildman–Crippen MR) is 111 cm³/mol. The molecule has 2 aromatic rings. The van der Waals surface area contributed by atoms with Gasteiger partial charge >= 0.3 is 0 Å². The Morgan fingerprint density at radius 2 is 1.81 bits per heavy atom. The molecule has 1 aliphatic heterocycles. The van der Waals surface area contributed by atoms with E-state index in [9.17, 15) is 8.42 Å². The van der Waals surface area contributed by atoms with Gasteiger partial charge in [0.05, 0.1) is 17.6 Å². The van der Waals surface area contributed by atoms with Gasteiger partial charge in [-0.3, -0.25) is 0 Å². The molecular formula is C19H29ClN4O2S. The molecule has 0 saturated carbocycles. The Balaban J connectivity index is 0.00000261. The summed E-state index contributed by atoms with van der Waals surface area (Å²) in [5.74, 6) is 0.351. The van der Waals surface area contributed by atoms with Gasteiger partial charge in [-0.15, -0.1) is 12.4 Å². The average molecular weight is 413 g/mol. The van der Waals surface area contributed by atoms with E-state index in [4.69, 9.17) is 5.10 Å². The minimum atomic E-state index is -3.07. The molecule has 150 valence electrons. The highest BCUT2D eigenvalue weighted by Crippen LogP contribution is 2.21. The van der Waals surface area contributed by atoms with E-state index in [1.54, 1.807) is 4.31 Å². The average Bonchev–Trinajstić information content (AvgIpc) is 3.05. The molecule has 0 aliphatic carbocycles. The highest BCUT2D eigenvalue weighted by atomic mass is 35.5. The van der Waals surface area contributed by atoms with Crippen molar-refractivity contribution in [1.82, 2.24) is 19.4 Å². The standard InChI is InChI=1S/C19H28N4O2S.ClH/c1-15(2)19-16(14-23(21-19)18-7-5-4-6-8-18)13-20-17-9-11-22(12-10-17)26(3,24)25;/h4-8,14-15,17,20H,9-13H2,1-3H3;1H. The van der Waals surface area contributed by atoms with Gasteiger partial charge in [-0.05, 0) is 30.9 Å². The zero-order valence-electron chi connectivity index (χ0n) is 16.1. The van der Waals surface area contributed by atoms with E-state index < -0.39 is 10.0 Å². The van der Waals surface area contributed by atoms with Gasteiger partial charge in [0.2, 0.25) is 10.0 Å². The van der Waals surface area contributed by atoms with Crippen LogP contribution < -0.4 is 5.32 Å². The van der Waals surface area contributed by atoms with E-state index in [2.05, 4.69) is 37.5 Å². The van der Waals surface area contributed by atoms with Crippen molar-refractivity contribution in [3.05, 3.63) is 47.8 Å². The molecule has 0 bridgehead atoms. The third kappa shape index (κ3) is 5.54. The Bertz CT molecular complexity index is 829. The summed E-state index contributed by atoms with van der Waals surface area (Å²) in [5, 5.41) is 8.37. The van der Waals surface area contributed by atoms with Gasteiger partial charge in [-0.25, -0.2) is 17.4 Å². The van der Waals surface area contributed by atoms with Crippen molar-refractivity contribution in [2.45, 2.75) is 45.2 Å². The van der Waals surface area contributed by atoms with Crippen molar-refractivity contribution >= 4 is 22.4 Å². The maximum atomic E-state index is 11.6. The fourth-order valence-electron chi connectivity index (χ4n) is 3.40. The van der Waals surface area contributed by atoms with Crippen LogP contribution in [0.2, 0.25) is 0 Å². The largest absolute Gasteiger partial charge is 0.310 e. The van der Waals surface area contributed by atoms with Crippen molar-refractivity contribution in [2.75, 3.05) is 19.3 Å². The minimum absolute atomic E-state index is 0. The lowest BCUT2D eigenvalue weighted by atomic mass is 10.0. The lowest BCUT2D eigenvalue weighted by molar-refractivity contribution is 0.290. The molecule has 1 aliphatic rings. The summed E-state index contributed by atoms with van der Waals surface area (Å²) in [4.78, 5) is 0. The number of aromatic nitrogens is 2. The van der Waals surface area contributed by atoms with Crippen molar-refractivity contribution in [3.8, 4) is 5.69 Å². The smallest absolute Gasteiger partial charge is 0.211 e. The van der Waals surface area contributed by atoms with Crippen LogP contribution >= 0.6 is 12.4 Å². The van der Waals surface area contributed by atoms with Crippen LogP contribution in [0.5, 0.6) is 0 Å². The second-order valence-electron chi connectivity index (χ2n) is 7.29. The lowest BCUT2D eigenvalue weighted by Gasteiger charge is -2.30. The molecule has 6 nitrogen and oxygen atoms in total. The van der Waals surface area contributed by atoms with Crippen LogP contribution in [0.25, 0.3) is 5.69 Å². The first-order valence-electron chi connectivity index (χ1n) is 9.17. The normalized spacial score (nSPS) is 16.4. The van der Waals surface area contributed by atoms with Crippen LogP contribution in [-0.4, -0.2) is 47.9 Å². The second kappa shape index (κ2) is 9.19. The van der Waals surface area contributed by atoms with Crippen molar-refractivity contribution in [1.29, 1.82) is 0 Å². The number of piperidine rings is 1. The Kier molecular flexibility index (Phi) is 7.45. The highest BCUT2D eigenvalue weighted by molar-refractivity contribution is 7.88. The van der Waals surface area contributed by atoms with Crippen molar-refractivity contribution in [3.63, 3.8) is 0 Å². The number of rotatable bonds is 6. The third-order valence-electron chi connectivity index (χ3n) is 4.89. The molecular weight excluding hydrogens is 384 g/mol. The van der Waals surface area contributed by atoms with E-state index >= 15 is 0 Å². The third-order valence-corrected chi connectivity index (χ3v) is 6.20. The summed E-state index contributed by atoms with van der Waals surface area (Å²) in [6.07, 6.45) is 5.07. The number of hydrogen-bond donors (Lipinski definition) is 1. The van der Waals surface area contributed by atoms with Gasteiger partial charge in [0, 0.05) is 37.4 Å². The fourth-order valence-corrected chi connectivity index (χ4v) is 4.28. The number of hydrogen-bond acceptors (Lipinski definition) is 4. The molecule has 0 atom stereocenters. The molecule has 1 fully saturated rings. The molecule has 0 spiro atoms. The van der Waals surface area contributed by atoms with Gasteiger partial charge in [-0.2, -0.15) is 5.10 Å². The van der Waals surface area contributed by atoms with E-state index in [1.165, 1.54) is 11.8 Å². The summed E-state index contributed by atoms with van der Waals surface area (Å²) in [7, 11) is -3.07. The SMILES string of the molecule is CC(C)c1nn(-c2ccccc2)cc1CNC1CCN(S(C)(=O)=O)CC1.Cl. The number of benzene rings is 1. The maximum absolute atomic E-state index is 11.6. The van der Waals surface area contributed by atoms with Crippen LogP contribution in [0.1, 0.15) is 43.9 Å². The predicted octanol–water partition coefficient (Wildman–Crippen LogP) is 2.93. The van der Waals surface area contributed by atoms with Crippen LogP contribution in [-0.2, 0) is 16.6 Å². The molecule has 0 amide bonds. The zero-order valence-corrected chi connectivity index (χ0v) is 17.8. The number of sulfonamides is 1. The minimum Gasteiger partial charge on any atom is -0.310 e. The summed E-state index contributed by atoms with van der Waals surface area (Å²) in [6, 6.07) is 10.5. The van der Waals surface area contributed by atoms with Gasteiger partial charge in [0.25, 0.3) is 0 Å². The lowest BCUT2D eigenvalue weighted by Crippen LogP contribution is -2.44. The quantitative estimate of drug-likeness (QED) is 0.792. The van der Waals surface area contributed by atoms with Crippen molar-refractivity contribution < 1.29 is 8.42 Å². The van der Waals surface area contributed by atoms with Gasteiger partial charge in [0.1, 0.15) is 0 Å². The van der Waals surface area contributed by atoms with E-state index in [1.807, 2.05) is 22.9 Å². The Hall–Kier alpha value is -1.41. The summed E-state index contributed by atoms with van der Waals surface area (Å²) < 4.78 is 26.8. The van der Waals surface area contributed by atoms with Gasteiger partial charge in [0.15, 0.2) is 0 Å². The second-order valence-corrected chi connectivity index (χ2v) is 9.27. The molecule has 8 heteroatoms. The molecule has 1 aromatic heterocycles. The van der Waals surface area contributed by atoms with Crippen LogP contribution in [0, 0.1) is 0 Å². The Morgan fingerprint density at radius 3 is 2.37 bits per heavy atom. The van der Waals surface area contributed by atoms with Crippen LogP contribution in [0.3, 0.4) is 0 Å². The van der Waals surface area contributed by atoms with E-state index in [0.717, 1.165) is 30.8 Å². The first-order valence-corrected chi connectivity index (χ1v) is 11.0. The van der Waals surface area contributed by atoms with E-state index in [-0.39, 0.29) is 12.4 Å². The Labute approximate surface area is 168 Å². The van der Waals surface area contributed by atoms with Crippen LogP contribution in [0.4, 0.5) is 0 Å². The highest BCUT2D eigenvalue weighted by Gasteiger charge is 2.25. The maximum Gasteiger partial charge on any atom is 0.211 e. The molecule has 3 rings (SSSR count). The molecule has 2 heterocycles. The number of nitrogens with zero attached hydrogens (tertiary/aromatic N) is 3. The first-order chi connectivity index (χ1) is 12.3. The summed E-state index contributed by atoms with van der Waals surface area (Å²) >= 11 is 0. The number of halogens is 1. The summed E-state index contributed by atoms with van der Waals surface area (Å²) in [6.45, 7) is 6.26. The van der Waals surface area contributed by atoms with Gasteiger partial charge in [-0.1, -0.05) is 32.0 Å². The van der Waals surface area contributed by atoms with Gasteiger partial charge < -0.3 is 5.32 Å². The zero-order chi connectivity index (χ0) is 18.7. The molecule has 0 unspecified atom stereocenters. The first kappa shape index (κ1) is 21.9. The topological polar surface area (TPSA) is 67.2 Å². The number of nitrogens with one attached hydrogen (secondary N) is 1. The molecule has 1 aromatic carbocycles. The van der Waals surface area contributed by atoms with Crippen molar-refractivity contribution in [2.24, 2.45) is 0 Å².